The maximum atomic E-state index is 9.42. The molecule has 0 bridgehead atoms. The third-order valence-electron chi connectivity index (χ3n) is 3.27. The lowest BCUT2D eigenvalue weighted by atomic mass is 9.86. The van der Waals surface area contributed by atoms with Gasteiger partial charge in [-0.15, -0.1) is 0 Å². The lowest BCUT2D eigenvalue weighted by molar-refractivity contribution is -0.148. The Balaban J connectivity index is 2.41. The van der Waals surface area contributed by atoms with E-state index in [9.17, 15) is 5.11 Å². The molecule has 0 unspecified atom stereocenters. The van der Waals surface area contributed by atoms with E-state index in [0.717, 1.165) is 26.1 Å². The molecule has 0 radical (unpaired) electrons. The zero-order chi connectivity index (χ0) is 12.7. The fourth-order valence-electron chi connectivity index (χ4n) is 2.02. The fraction of sp³-hybridized carbons (Fsp3) is 0.923. The Morgan fingerprint density at radius 2 is 2.12 bits per heavy atom. The Kier molecular flexibility index (Phi) is 5.90. The first-order valence-electron chi connectivity index (χ1n) is 6.40. The Morgan fingerprint density at radius 3 is 2.53 bits per heavy atom. The number of aliphatic hydroxyl groups excluding tert-OH is 1. The smallest absolute Gasteiger partial charge is 0.0635 e. The van der Waals surface area contributed by atoms with Crippen molar-refractivity contribution in [1.82, 2.24) is 4.90 Å². The lowest BCUT2D eigenvalue weighted by Crippen LogP contribution is -2.53. The molecule has 1 heterocycles. The minimum Gasteiger partial charge on any atom is -0.396 e. The fourth-order valence-corrected chi connectivity index (χ4v) is 2.02. The number of hydrogen-bond donors (Lipinski definition) is 1. The van der Waals surface area contributed by atoms with Crippen molar-refractivity contribution >= 4 is 0 Å². The van der Waals surface area contributed by atoms with Crippen LogP contribution in [0.25, 0.3) is 0 Å². The van der Waals surface area contributed by atoms with Crippen LogP contribution >= 0.6 is 0 Å². The van der Waals surface area contributed by atoms with Crippen molar-refractivity contribution < 1.29 is 9.84 Å². The number of hydrogen-bond acceptors (Lipinski definition) is 4. The first-order chi connectivity index (χ1) is 8.12. The summed E-state index contributed by atoms with van der Waals surface area (Å²) < 4.78 is 5.21. The highest BCUT2D eigenvalue weighted by Crippen LogP contribution is 2.28. The third kappa shape index (κ3) is 4.63. The summed E-state index contributed by atoms with van der Waals surface area (Å²) in [4.78, 5) is 2.29. The molecule has 0 saturated carbocycles. The zero-order valence-electron chi connectivity index (χ0n) is 11.0. The maximum absolute atomic E-state index is 9.42. The van der Waals surface area contributed by atoms with Crippen molar-refractivity contribution in [3.05, 3.63) is 0 Å². The highest BCUT2D eigenvalue weighted by Gasteiger charge is 2.39. The van der Waals surface area contributed by atoms with Crippen LogP contribution in [0, 0.1) is 22.7 Å². The Labute approximate surface area is 104 Å². The van der Waals surface area contributed by atoms with Crippen LogP contribution in [0.3, 0.4) is 0 Å². The van der Waals surface area contributed by atoms with E-state index in [4.69, 9.17) is 10.00 Å². The summed E-state index contributed by atoms with van der Waals surface area (Å²) in [6.07, 6.45) is 1.69. The summed E-state index contributed by atoms with van der Waals surface area (Å²) in [7, 11) is 0. The minimum absolute atomic E-state index is 0.0769. The summed E-state index contributed by atoms with van der Waals surface area (Å²) in [5.41, 5.74) is -0.0769. The lowest BCUT2D eigenvalue weighted by Gasteiger charge is -2.43. The monoisotopic (exact) mass is 240 g/mol. The van der Waals surface area contributed by atoms with E-state index in [1.807, 2.05) is 0 Å². The molecule has 4 nitrogen and oxygen atoms in total. The number of nitrogens with zero attached hydrogens (tertiary/aromatic N) is 2. The van der Waals surface area contributed by atoms with Gasteiger partial charge in [0.25, 0.3) is 0 Å². The van der Waals surface area contributed by atoms with E-state index in [0.29, 0.717) is 25.6 Å². The molecule has 0 aromatic rings. The van der Waals surface area contributed by atoms with Gasteiger partial charge in [0.1, 0.15) is 0 Å². The molecule has 17 heavy (non-hydrogen) atoms. The van der Waals surface area contributed by atoms with Crippen LogP contribution < -0.4 is 0 Å². The predicted octanol–water partition coefficient (Wildman–Crippen LogP) is 1.26. The molecule has 0 aromatic heterocycles. The summed E-state index contributed by atoms with van der Waals surface area (Å²) in [6, 6.07) is 2.19. The van der Waals surface area contributed by atoms with Crippen LogP contribution in [0.15, 0.2) is 0 Å². The minimum atomic E-state index is -0.0769. The van der Waals surface area contributed by atoms with Crippen LogP contribution in [-0.2, 0) is 4.74 Å². The molecule has 0 aliphatic carbocycles. The van der Waals surface area contributed by atoms with Crippen molar-refractivity contribution in [1.29, 1.82) is 5.26 Å². The van der Waals surface area contributed by atoms with Crippen molar-refractivity contribution in [3.63, 3.8) is 0 Å². The van der Waals surface area contributed by atoms with E-state index in [1.165, 1.54) is 0 Å². The number of nitriles is 1. The van der Waals surface area contributed by atoms with E-state index < -0.39 is 0 Å². The van der Waals surface area contributed by atoms with E-state index in [1.54, 1.807) is 0 Å². The van der Waals surface area contributed by atoms with Crippen molar-refractivity contribution in [2.75, 3.05) is 39.5 Å². The van der Waals surface area contributed by atoms with Gasteiger partial charge in [-0.25, -0.2) is 0 Å². The highest BCUT2D eigenvalue weighted by molar-refractivity contribution is 4.89. The first-order valence-corrected chi connectivity index (χ1v) is 6.40. The Bertz CT molecular complexity index is 251. The molecule has 1 aliphatic rings. The molecule has 0 atom stereocenters. The molecule has 1 fully saturated rings. The third-order valence-corrected chi connectivity index (χ3v) is 3.27. The normalized spacial score (nSPS) is 18.1. The van der Waals surface area contributed by atoms with Crippen molar-refractivity contribution in [2.24, 2.45) is 11.3 Å². The highest BCUT2D eigenvalue weighted by atomic mass is 16.5. The van der Waals surface area contributed by atoms with Gasteiger partial charge in [0.2, 0.25) is 0 Å². The van der Waals surface area contributed by atoms with Crippen molar-refractivity contribution in [2.45, 2.75) is 26.7 Å². The quantitative estimate of drug-likeness (QED) is 0.694. The van der Waals surface area contributed by atoms with Gasteiger partial charge in [-0.3, -0.25) is 0 Å². The van der Waals surface area contributed by atoms with E-state index in [2.05, 4.69) is 24.8 Å². The molecule has 1 saturated heterocycles. The van der Waals surface area contributed by atoms with Crippen LogP contribution in [0.4, 0.5) is 0 Å². The van der Waals surface area contributed by atoms with Gasteiger partial charge in [0.05, 0.1) is 31.3 Å². The second-order valence-electron chi connectivity index (χ2n) is 5.52. The number of ether oxygens (including phenoxy) is 1. The van der Waals surface area contributed by atoms with Crippen LogP contribution in [0.1, 0.15) is 26.7 Å². The van der Waals surface area contributed by atoms with Crippen LogP contribution in [0.2, 0.25) is 0 Å². The van der Waals surface area contributed by atoms with Gasteiger partial charge in [0.15, 0.2) is 0 Å². The molecule has 1 N–H and O–H groups in total. The molecule has 0 aromatic carbocycles. The second kappa shape index (κ2) is 6.95. The molecule has 0 spiro atoms. The number of aliphatic hydroxyl groups is 1. The molecular formula is C13H24N2O2. The Morgan fingerprint density at radius 1 is 1.41 bits per heavy atom. The van der Waals surface area contributed by atoms with Gasteiger partial charge in [-0.1, -0.05) is 13.8 Å². The van der Waals surface area contributed by atoms with E-state index in [-0.39, 0.29) is 12.0 Å². The molecule has 98 valence electrons. The number of rotatable bonds is 8. The van der Waals surface area contributed by atoms with Crippen molar-refractivity contribution in [3.8, 4) is 6.07 Å². The molecule has 1 aliphatic heterocycles. The standard InChI is InChI=1S/C13H24N2O2/c1-12(2)4-7-15(6-3-5-14)8-13(9-16)10-17-11-13/h12,16H,3-4,6-11H2,1-2H3. The summed E-state index contributed by atoms with van der Waals surface area (Å²) in [5, 5.41) is 18.1. The van der Waals surface area contributed by atoms with E-state index >= 15 is 0 Å². The molecule has 1 rings (SSSR count). The van der Waals surface area contributed by atoms with Crippen LogP contribution in [-0.4, -0.2) is 49.5 Å². The molecule has 4 heteroatoms. The van der Waals surface area contributed by atoms with Gasteiger partial charge < -0.3 is 14.7 Å². The van der Waals surface area contributed by atoms with Gasteiger partial charge >= 0.3 is 0 Å². The average Bonchev–Trinajstić information content (AvgIpc) is 2.26. The predicted molar refractivity (Wildman–Crippen MR) is 66.5 cm³/mol. The summed E-state index contributed by atoms with van der Waals surface area (Å²) in [6.45, 7) is 8.53. The largest absolute Gasteiger partial charge is 0.396 e. The van der Waals surface area contributed by atoms with Gasteiger partial charge in [-0.2, -0.15) is 5.26 Å². The summed E-state index contributed by atoms with van der Waals surface area (Å²) in [5.74, 6) is 0.669. The second-order valence-corrected chi connectivity index (χ2v) is 5.52. The Hall–Kier alpha value is -0.630. The first kappa shape index (κ1) is 14.4. The van der Waals surface area contributed by atoms with Gasteiger partial charge in [0, 0.05) is 19.5 Å². The SMILES string of the molecule is CC(C)CCN(CCC#N)CC1(CO)COC1. The average molecular weight is 240 g/mol. The molecule has 0 amide bonds. The maximum Gasteiger partial charge on any atom is 0.0635 e. The van der Waals surface area contributed by atoms with Gasteiger partial charge in [-0.05, 0) is 18.9 Å². The van der Waals surface area contributed by atoms with Crippen LogP contribution in [0.5, 0.6) is 0 Å². The zero-order valence-corrected chi connectivity index (χ0v) is 11.0. The topological polar surface area (TPSA) is 56.5 Å². The molecular weight excluding hydrogens is 216 g/mol. The summed E-state index contributed by atoms with van der Waals surface area (Å²) >= 11 is 0.